The van der Waals surface area contributed by atoms with Crippen molar-refractivity contribution in [1.29, 1.82) is 0 Å². The molecule has 0 aromatic heterocycles. The van der Waals surface area contributed by atoms with Gasteiger partial charge in [0.05, 0.1) is 6.61 Å². The van der Waals surface area contributed by atoms with Crippen LogP contribution in [0.15, 0.2) is 0 Å². The zero-order valence-electron chi connectivity index (χ0n) is 16.3. The lowest BCUT2D eigenvalue weighted by Gasteiger charge is -2.04. The smallest absolute Gasteiger partial charge is 0.132 e. The van der Waals surface area contributed by atoms with E-state index in [9.17, 15) is 4.79 Å². The molecule has 0 amide bonds. The summed E-state index contributed by atoms with van der Waals surface area (Å²) in [7, 11) is 0. The molecule has 0 unspecified atom stereocenters. The Labute approximate surface area is 151 Å². The highest BCUT2D eigenvalue weighted by molar-refractivity contribution is 5.78. The van der Waals surface area contributed by atoms with Crippen molar-refractivity contribution in [1.82, 2.24) is 5.32 Å². The zero-order chi connectivity index (χ0) is 17.7. The fourth-order valence-electron chi connectivity index (χ4n) is 3.08. The second-order valence-corrected chi connectivity index (χ2v) is 7.11. The van der Waals surface area contributed by atoms with Crippen LogP contribution in [0.5, 0.6) is 0 Å². The average Bonchev–Trinajstić information content (AvgIpc) is 2.59. The van der Waals surface area contributed by atoms with E-state index < -0.39 is 0 Å². The molecule has 0 rings (SSSR count). The third-order valence-corrected chi connectivity index (χ3v) is 4.66. The normalized spacial score (nSPS) is 11.1. The molecule has 0 atom stereocenters. The van der Waals surface area contributed by atoms with E-state index >= 15 is 0 Å². The van der Waals surface area contributed by atoms with Crippen molar-refractivity contribution in [2.24, 2.45) is 0 Å². The Kier molecular flexibility index (Phi) is 20.3. The van der Waals surface area contributed by atoms with Crippen LogP contribution in [0, 0.1) is 0 Å². The topological polar surface area (TPSA) is 49.3 Å². The molecule has 0 aliphatic rings. The van der Waals surface area contributed by atoms with Gasteiger partial charge in [0.2, 0.25) is 0 Å². The van der Waals surface area contributed by atoms with Gasteiger partial charge in [-0.25, -0.2) is 0 Å². The van der Waals surface area contributed by atoms with Crippen LogP contribution >= 0.6 is 0 Å². The van der Waals surface area contributed by atoms with Crippen LogP contribution in [0.4, 0.5) is 0 Å². The first-order chi connectivity index (χ1) is 11.8. The average molecular weight is 342 g/mol. The number of hydrogen-bond acceptors (Lipinski definition) is 3. The minimum absolute atomic E-state index is 0.174. The molecule has 0 radical (unpaired) electrons. The first-order valence-electron chi connectivity index (χ1n) is 10.6. The number of nitrogens with one attached hydrogen (secondary N) is 1. The number of aliphatic hydroxyl groups excluding tert-OH is 1. The van der Waals surface area contributed by atoms with E-state index in [1.807, 2.05) is 0 Å². The summed E-state index contributed by atoms with van der Waals surface area (Å²) < 4.78 is 0. The van der Waals surface area contributed by atoms with Gasteiger partial charge in [0.15, 0.2) is 0 Å². The van der Waals surface area contributed by atoms with Crippen molar-refractivity contribution in [2.45, 2.75) is 110 Å². The quantitative estimate of drug-likeness (QED) is 0.292. The predicted molar refractivity (Wildman–Crippen MR) is 105 cm³/mol. The molecule has 0 heterocycles. The number of carbonyl (C=O) groups excluding carboxylic acids is 1. The molecule has 0 aliphatic heterocycles. The van der Waals surface area contributed by atoms with E-state index in [0.717, 1.165) is 25.8 Å². The third-order valence-electron chi connectivity index (χ3n) is 4.66. The molecule has 0 spiro atoms. The van der Waals surface area contributed by atoms with Gasteiger partial charge in [0.1, 0.15) is 5.78 Å². The Balaban J connectivity index is 3.10. The first-order valence-corrected chi connectivity index (χ1v) is 10.6. The van der Waals surface area contributed by atoms with Crippen LogP contribution in [0.2, 0.25) is 0 Å². The van der Waals surface area contributed by atoms with Crippen molar-refractivity contribution in [3.63, 3.8) is 0 Å². The monoisotopic (exact) mass is 341 g/mol. The summed E-state index contributed by atoms with van der Waals surface area (Å²) in [6.45, 7) is 3.92. The highest BCUT2D eigenvalue weighted by atomic mass is 16.3. The molecular weight excluding hydrogens is 298 g/mol. The molecule has 3 nitrogen and oxygen atoms in total. The van der Waals surface area contributed by atoms with E-state index in [0.29, 0.717) is 18.7 Å². The van der Waals surface area contributed by atoms with Crippen LogP contribution < -0.4 is 5.32 Å². The predicted octanol–water partition coefficient (Wildman–Crippen LogP) is 5.40. The maximum atomic E-state index is 11.7. The van der Waals surface area contributed by atoms with Crippen molar-refractivity contribution in [2.75, 3.05) is 19.7 Å². The molecule has 144 valence electrons. The number of ketones is 1. The summed E-state index contributed by atoms with van der Waals surface area (Å²) in [4.78, 5) is 11.7. The lowest BCUT2D eigenvalue weighted by Crippen LogP contribution is -2.19. The van der Waals surface area contributed by atoms with Gasteiger partial charge in [-0.05, 0) is 19.4 Å². The number of hydrogen-bond donors (Lipinski definition) is 2. The first kappa shape index (κ1) is 23.6. The number of rotatable bonds is 20. The summed E-state index contributed by atoms with van der Waals surface area (Å²) in [5.41, 5.74) is 0. The van der Waals surface area contributed by atoms with Crippen molar-refractivity contribution < 1.29 is 9.90 Å². The Hall–Kier alpha value is -0.410. The van der Waals surface area contributed by atoms with Gasteiger partial charge in [-0.2, -0.15) is 0 Å². The van der Waals surface area contributed by atoms with E-state index in [4.69, 9.17) is 5.11 Å². The molecular formula is C21H43NO2. The van der Waals surface area contributed by atoms with Crippen LogP contribution in [-0.4, -0.2) is 30.6 Å². The number of aliphatic hydroxyl groups is 1. The summed E-state index contributed by atoms with van der Waals surface area (Å²) in [6.07, 6.45) is 19.9. The van der Waals surface area contributed by atoms with Gasteiger partial charge < -0.3 is 10.4 Å². The number of Topliss-reactive ketones (excluding diaryl/α,β-unsaturated/α-hetero) is 1. The maximum absolute atomic E-state index is 11.7. The zero-order valence-corrected chi connectivity index (χ0v) is 16.3. The second kappa shape index (κ2) is 20.6. The van der Waals surface area contributed by atoms with Gasteiger partial charge >= 0.3 is 0 Å². The number of unbranched alkanes of at least 4 members (excludes halogenated alkanes) is 12. The van der Waals surface area contributed by atoms with Crippen molar-refractivity contribution >= 4 is 5.78 Å². The van der Waals surface area contributed by atoms with Gasteiger partial charge in [0, 0.05) is 19.4 Å². The summed E-state index contributed by atoms with van der Waals surface area (Å²) >= 11 is 0. The minimum Gasteiger partial charge on any atom is -0.395 e. The van der Waals surface area contributed by atoms with Crippen molar-refractivity contribution in [3.8, 4) is 0 Å². The summed E-state index contributed by atoms with van der Waals surface area (Å²) in [5, 5.41) is 11.7. The Morgan fingerprint density at radius 1 is 0.667 bits per heavy atom. The van der Waals surface area contributed by atoms with Gasteiger partial charge in [-0.1, -0.05) is 84.0 Å². The highest BCUT2D eigenvalue weighted by Crippen LogP contribution is 2.13. The summed E-state index contributed by atoms with van der Waals surface area (Å²) in [5.74, 6) is 0.406. The maximum Gasteiger partial charge on any atom is 0.132 e. The Morgan fingerprint density at radius 2 is 1.12 bits per heavy atom. The van der Waals surface area contributed by atoms with Crippen LogP contribution in [-0.2, 0) is 4.79 Å². The Morgan fingerprint density at radius 3 is 1.62 bits per heavy atom. The largest absolute Gasteiger partial charge is 0.395 e. The fourth-order valence-corrected chi connectivity index (χ4v) is 3.08. The molecule has 24 heavy (non-hydrogen) atoms. The molecule has 2 N–H and O–H groups in total. The molecule has 0 aromatic rings. The molecule has 0 aliphatic carbocycles. The van der Waals surface area contributed by atoms with E-state index in [1.54, 1.807) is 0 Å². The number of carbonyl (C=O) groups is 1. The standard InChI is InChI=1S/C21H43NO2/c1-2-3-4-5-6-7-8-9-10-11-12-13-14-16-21(24)17-15-18-22-19-20-23/h22-23H,2-20H2,1H3. The SMILES string of the molecule is CCCCCCCCCCCCCCCC(=O)CCCNCCO. The van der Waals surface area contributed by atoms with Gasteiger partial charge in [-0.15, -0.1) is 0 Å². The molecule has 3 heteroatoms. The molecule has 0 fully saturated rings. The molecule has 0 bridgehead atoms. The van der Waals surface area contributed by atoms with E-state index in [1.165, 1.54) is 77.0 Å². The van der Waals surface area contributed by atoms with Crippen LogP contribution in [0.25, 0.3) is 0 Å². The second-order valence-electron chi connectivity index (χ2n) is 7.11. The van der Waals surface area contributed by atoms with Crippen LogP contribution in [0.1, 0.15) is 110 Å². The van der Waals surface area contributed by atoms with Crippen molar-refractivity contribution in [3.05, 3.63) is 0 Å². The van der Waals surface area contributed by atoms with E-state index in [-0.39, 0.29) is 6.61 Å². The molecule has 0 saturated heterocycles. The lowest BCUT2D eigenvalue weighted by molar-refractivity contribution is -0.119. The third kappa shape index (κ3) is 19.6. The lowest BCUT2D eigenvalue weighted by atomic mass is 10.0. The minimum atomic E-state index is 0.174. The van der Waals surface area contributed by atoms with Gasteiger partial charge in [-0.3, -0.25) is 4.79 Å². The highest BCUT2D eigenvalue weighted by Gasteiger charge is 2.01. The summed E-state index contributed by atoms with van der Waals surface area (Å²) in [6, 6.07) is 0. The Bertz CT molecular complexity index is 256. The van der Waals surface area contributed by atoms with Crippen LogP contribution in [0.3, 0.4) is 0 Å². The fraction of sp³-hybridized carbons (Fsp3) is 0.952. The van der Waals surface area contributed by atoms with E-state index in [2.05, 4.69) is 12.2 Å². The molecule has 0 saturated carbocycles. The van der Waals surface area contributed by atoms with Gasteiger partial charge in [0.25, 0.3) is 0 Å². The molecule has 0 aromatic carbocycles.